The molecule has 0 amide bonds. The van der Waals surface area contributed by atoms with Gasteiger partial charge in [0.15, 0.2) is 11.5 Å². The second-order valence-corrected chi connectivity index (χ2v) is 6.83. The van der Waals surface area contributed by atoms with Gasteiger partial charge in [-0.25, -0.2) is 4.79 Å². The van der Waals surface area contributed by atoms with Crippen LogP contribution in [0.1, 0.15) is 84.1 Å². The molecular formula is C23H36O4. The van der Waals surface area contributed by atoms with Gasteiger partial charge < -0.3 is 14.6 Å². The number of hydrogen-bond donors (Lipinski definition) is 1. The highest BCUT2D eigenvalue weighted by atomic mass is 16.5. The average Bonchev–Trinajstić information content (AvgIpc) is 2.65. The maximum absolute atomic E-state index is 11.4. The zero-order chi connectivity index (χ0) is 19.9. The number of aliphatic carboxylic acids is 1. The van der Waals surface area contributed by atoms with Gasteiger partial charge in [-0.05, 0) is 50.0 Å². The predicted octanol–water partition coefficient (Wildman–Crippen LogP) is 6.48. The summed E-state index contributed by atoms with van der Waals surface area (Å²) >= 11 is 0. The molecule has 0 fully saturated rings. The summed E-state index contributed by atoms with van der Waals surface area (Å²) in [5.41, 5.74) is 1.26. The molecule has 1 aromatic rings. The average molecular weight is 377 g/mol. The topological polar surface area (TPSA) is 55.8 Å². The molecule has 0 aromatic heterocycles. The molecule has 0 aliphatic heterocycles. The van der Waals surface area contributed by atoms with Crippen molar-refractivity contribution in [3.63, 3.8) is 0 Å². The highest BCUT2D eigenvalue weighted by Crippen LogP contribution is 2.30. The standard InChI is InChI=1S/C23H36O4/c1-4-7-9-10-11-12-16-27-21-15-14-19(18-22(21)26-6-3)17-20(23(24)25)13-8-5-2/h14-15,17-18H,4-13,16H2,1-3H3,(H,24,25)/b20-17+. The number of carbonyl (C=O) groups is 1. The Balaban J connectivity index is 2.71. The Bertz CT molecular complexity index is 578. The molecule has 0 atom stereocenters. The summed E-state index contributed by atoms with van der Waals surface area (Å²) in [5.74, 6) is 0.551. The van der Waals surface area contributed by atoms with E-state index in [4.69, 9.17) is 9.47 Å². The van der Waals surface area contributed by atoms with Gasteiger partial charge in [-0.2, -0.15) is 0 Å². The van der Waals surface area contributed by atoms with E-state index in [9.17, 15) is 9.90 Å². The van der Waals surface area contributed by atoms with Crippen molar-refractivity contribution < 1.29 is 19.4 Å². The van der Waals surface area contributed by atoms with Crippen molar-refractivity contribution in [1.82, 2.24) is 0 Å². The van der Waals surface area contributed by atoms with Crippen LogP contribution in [0.5, 0.6) is 11.5 Å². The Hall–Kier alpha value is -1.97. The van der Waals surface area contributed by atoms with Gasteiger partial charge in [-0.3, -0.25) is 0 Å². The van der Waals surface area contributed by atoms with Crippen LogP contribution in [-0.2, 0) is 4.79 Å². The molecule has 4 heteroatoms. The zero-order valence-electron chi connectivity index (χ0n) is 17.3. The highest BCUT2D eigenvalue weighted by molar-refractivity contribution is 5.92. The third-order valence-corrected chi connectivity index (χ3v) is 4.44. The second-order valence-electron chi connectivity index (χ2n) is 6.83. The minimum absolute atomic E-state index is 0.431. The third-order valence-electron chi connectivity index (χ3n) is 4.44. The third kappa shape index (κ3) is 9.50. The van der Waals surface area contributed by atoms with E-state index in [0.29, 0.717) is 31.0 Å². The molecule has 0 unspecified atom stereocenters. The molecule has 4 nitrogen and oxygen atoms in total. The van der Waals surface area contributed by atoms with Crippen LogP contribution in [0.15, 0.2) is 23.8 Å². The quantitative estimate of drug-likeness (QED) is 0.281. The first kappa shape index (κ1) is 23.1. The summed E-state index contributed by atoms with van der Waals surface area (Å²) in [6.07, 6.45) is 11.5. The maximum Gasteiger partial charge on any atom is 0.331 e. The number of rotatable bonds is 15. The monoisotopic (exact) mass is 376 g/mol. The van der Waals surface area contributed by atoms with Crippen LogP contribution in [0.3, 0.4) is 0 Å². The van der Waals surface area contributed by atoms with Gasteiger partial charge in [-0.1, -0.05) is 58.4 Å². The molecule has 0 saturated heterocycles. The first-order chi connectivity index (χ1) is 13.1. The lowest BCUT2D eigenvalue weighted by atomic mass is 10.0. The molecule has 0 heterocycles. The lowest BCUT2D eigenvalue weighted by Gasteiger charge is -2.13. The maximum atomic E-state index is 11.4. The molecule has 152 valence electrons. The molecule has 0 bridgehead atoms. The molecular weight excluding hydrogens is 340 g/mol. The van der Waals surface area contributed by atoms with Crippen molar-refractivity contribution in [1.29, 1.82) is 0 Å². The molecule has 1 rings (SSSR count). The number of carboxylic acid groups (broad SMARTS) is 1. The fourth-order valence-corrected chi connectivity index (χ4v) is 2.88. The van der Waals surface area contributed by atoms with Crippen LogP contribution in [0, 0.1) is 0 Å². The Labute approximate surface area is 164 Å². The molecule has 0 aliphatic rings. The van der Waals surface area contributed by atoms with Crippen molar-refractivity contribution in [2.45, 2.75) is 78.6 Å². The van der Waals surface area contributed by atoms with Gasteiger partial charge in [0, 0.05) is 5.57 Å². The largest absolute Gasteiger partial charge is 0.490 e. The molecule has 1 aromatic carbocycles. The summed E-state index contributed by atoms with van der Waals surface area (Å²) in [5, 5.41) is 9.38. The predicted molar refractivity (Wildman–Crippen MR) is 112 cm³/mol. The minimum atomic E-state index is -0.857. The minimum Gasteiger partial charge on any atom is -0.490 e. The van der Waals surface area contributed by atoms with Crippen molar-refractivity contribution in [3.8, 4) is 11.5 Å². The van der Waals surface area contributed by atoms with E-state index in [2.05, 4.69) is 13.8 Å². The van der Waals surface area contributed by atoms with Gasteiger partial charge >= 0.3 is 5.97 Å². The lowest BCUT2D eigenvalue weighted by molar-refractivity contribution is -0.132. The van der Waals surface area contributed by atoms with E-state index in [1.165, 1.54) is 32.1 Å². The molecule has 0 aliphatic carbocycles. The van der Waals surface area contributed by atoms with Crippen molar-refractivity contribution >= 4 is 12.0 Å². The fraction of sp³-hybridized carbons (Fsp3) is 0.609. The van der Waals surface area contributed by atoms with Gasteiger partial charge in [0.05, 0.1) is 13.2 Å². The number of hydrogen-bond acceptors (Lipinski definition) is 3. The lowest BCUT2D eigenvalue weighted by Crippen LogP contribution is -2.02. The number of unbranched alkanes of at least 4 members (excludes halogenated alkanes) is 6. The summed E-state index contributed by atoms with van der Waals surface area (Å²) in [4.78, 5) is 11.4. The summed E-state index contributed by atoms with van der Waals surface area (Å²) in [7, 11) is 0. The van der Waals surface area contributed by atoms with E-state index in [-0.39, 0.29) is 0 Å². The number of ether oxygens (including phenoxy) is 2. The summed E-state index contributed by atoms with van der Waals surface area (Å²) in [6, 6.07) is 5.65. The first-order valence-corrected chi connectivity index (χ1v) is 10.5. The van der Waals surface area contributed by atoms with Crippen LogP contribution < -0.4 is 9.47 Å². The van der Waals surface area contributed by atoms with Crippen molar-refractivity contribution in [3.05, 3.63) is 29.3 Å². The fourth-order valence-electron chi connectivity index (χ4n) is 2.88. The molecule has 0 spiro atoms. The van der Waals surface area contributed by atoms with E-state index in [1.807, 2.05) is 25.1 Å². The Kier molecular flexibility index (Phi) is 12.1. The first-order valence-electron chi connectivity index (χ1n) is 10.5. The molecule has 0 radical (unpaired) electrons. The van der Waals surface area contributed by atoms with E-state index in [1.54, 1.807) is 6.08 Å². The Morgan fingerprint density at radius 3 is 2.30 bits per heavy atom. The molecule has 1 N–H and O–H groups in total. The van der Waals surface area contributed by atoms with Crippen LogP contribution in [0.2, 0.25) is 0 Å². The van der Waals surface area contributed by atoms with Crippen molar-refractivity contribution in [2.24, 2.45) is 0 Å². The van der Waals surface area contributed by atoms with Gasteiger partial charge in [0.25, 0.3) is 0 Å². The van der Waals surface area contributed by atoms with Crippen LogP contribution >= 0.6 is 0 Å². The van der Waals surface area contributed by atoms with Crippen LogP contribution in [-0.4, -0.2) is 24.3 Å². The van der Waals surface area contributed by atoms with Gasteiger partial charge in [-0.15, -0.1) is 0 Å². The van der Waals surface area contributed by atoms with Gasteiger partial charge in [0.1, 0.15) is 0 Å². The smallest absolute Gasteiger partial charge is 0.331 e. The number of benzene rings is 1. The molecule has 27 heavy (non-hydrogen) atoms. The molecule has 0 saturated carbocycles. The van der Waals surface area contributed by atoms with Crippen LogP contribution in [0.4, 0.5) is 0 Å². The zero-order valence-corrected chi connectivity index (χ0v) is 17.3. The Morgan fingerprint density at radius 1 is 0.926 bits per heavy atom. The van der Waals surface area contributed by atoms with Gasteiger partial charge in [0.2, 0.25) is 0 Å². The highest BCUT2D eigenvalue weighted by Gasteiger charge is 2.10. The SMILES string of the molecule is CCCCCCCCOc1ccc(/C=C(\CCCC)C(=O)O)cc1OCC. The number of carboxylic acids is 1. The van der Waals surface area contributed by atoms with Crippen molar-refractivity contribution in [2.75, 3.05) is 13.2 Å². The summed E-state index contributed by atoms with van der Waals surface area (Å²) in [6.45, 7) is 7.44. The van der Waals surface area contributed by atoms with E-state index < -0.39 is 5.97 Å². The normalized spacial score (nSPS) is 11.4. The van der Waals surface area contributed by atoms with Crippen LogP contribution in [0.25, 0.3) is 6.08 Å². The van der Waals surface area contributed by atoms with E-state index >= 15 is 0 Å². The van der Waals surface area contributed by atoms with E-state index in [0.717, 1.165) is 30.6 Å². The second kappa shape index (κ2) is 14.1. The summed E-state index contributed by atoms with van der Waals surface area (Å²) < 4.78 is 11.6. The Morgan fingerprint density at radius 2 is 1.63 bits per heavy atom.